The molecule has 4 rings (SSSR count). The molecular weight excluding hydrogens is 555 g/mol. The van der Waals surface area contributed by atoms with Gasteiger partial charge in [0.1, 0.15) is 24.3 Å². The normalized spacial score (nSPS) is 15.1. The van der Waals surface area contributed by atoms with Gasteiger partial charge in [-0.3, -0.25) is 4.57 Å². The molecule has 0 radical (unpaired) electrons. The number of halogens is 4. The second-order valence-corrected chi connectivity index (χ2v) is 9.77. The molecule has 1 fully saturated rings. The summed E-state index contributed by atoms with van der Waals surface area (Å²) in [5.74, 6) is 0.0141. The first kappa shape index (κ1) is 29.3. The van der Waals surface area contributed by atoms with Gasteiger partial charge in [0.15, 0.2) is 0 Å². The van der Waals surface area contributed by atoms with Crippen molar-refractivity contribution < 1.29 is 32.7 Å². The van der Waals surface area contributed by atoms with E-state index in [9.17, 15) is 28.4 Å². The summed E-state index contributed by atoms with van der Waals surface area (Å²) in [6, 6.07) is 13.8. The third-order valence-corrected chi connectivity index (χ3v) is 7.04. The fourth-order valence-corrected chi connectivity index (χ4v) is 4.77. The standard InChI is InChI=1S/C26H29ClF3N5O5/c1-32(19-10-13-33(14-11-19)20-4-8-23(9-5-20)40-26(28,29)30)18-2-6-22(7-3-18)39-17-21(36)12-15-34-16-24(35(37)38)31-25(34)27/h2-9,16,19,21,36H,10-15,17H2,1H3. The lowest BCUT2D eigenvalue weighted by Gasteiger charge is -2.39. The number of rotatable bonds is 11. The SMILES string of the molecule is CN(c1ccc(OCC(O)CCn2cc([N+](=O)[O-])nc2Cl)cc1)C1CCN(c2ccc(OC(F)(F)F)cc2)CC1. The number of nitrogens with zero attached hydrogens (tertiary/aromatic N) is 5. The molecule has 0 bridgehead atoms. The van der Waals surface area contributed by atoms with E-state index < -0.39 is 17.4 Å². The minimum Gasteiger partial charge on any atom is -0.491 e. The van der Waals surface area contributed by atoms with Gasteiger partial charge in [0, 0.05) is 44.1 Å². The van der Waals surface area contributed by atoms with Crippen molar-refractivity contribution in [3.63, 3.8) is 0 Å². The number of alkyl halides is 3. The second-order valence-electron chi connectivity index (χ2n) is 9.44. The minimum atomic E-state index is -4.71. The molecule has 216 valence electrons. The molecule has 14 heteroatoms. The monoisotopic (exact) mass is 583 g/mol. The molecule has 0 amide bonds. The van der Waals surface area contributed by atoms with Crippen LogP contribution in [0.25, 0.3) is 0 Å². The van der Waals surface area contributed by atoms with E-state index in [-0.39, 0.29) is 36.4 Å². The number of anilines is 2. The Bertz CT molecular complexity index is 1270. The van der Waals surface area contributed by atoms with Crippen molar-refractivity contribution in [3.8, 4) is 11.5 Å². The number of piperidine rings is 1. The lowest BCUT2D eigenvalue weighted by molar-refractivity contribution is -0.389. The van der Waals surface area contributed by atoms with Crippen LogP contribution in [-0.2, 0) is 6.54 Å². The van der Waals surface area contributed by atoms with Gasteiger partial charge in [0.25, 0.3) is 0 Å². The van der Waals surface area contributed by atoms with E-state index in [1.165, 1.54) is 22.9 Å². The van der Waals surface area contributed by atoms with Crippen molar-refractivity contribution in [1.82, 2.24) is 9.55 Å². The van der Waals surface area contributed by atoms with Crippen LogP contribution in [0.15, 0.2) is 54.7 Å². The van der Waals surface area contributed by atoms with Crippen LogP contribution in [0.1, 0.15) is 19.3 Å². The van der Waals surface area contributed by atoms with E-state index in [1.807, 2.05) is 31.3 Å². The lowest BCUT2D eigenvalue weighted by Crippen LogP contribution is -2.43. The molecule has 1 N–H and O–H groups in total. The Balaban J connectivity index is 1.21. The molecule has 0 spiro atoms. The Morgan fingerprint density at radius 2 is 1.77 bits per heavy atom. The van der Waals surface area contributed by atoms with Gasteiger partial charge < -0.3 is 34.5 Å². The van der Waals surface area contributed by atoms with Crippen molar-refractivity contribution >= 4 is 28.8 Å². The van der Waals surface area contributed by atoms with Crippen LogP contribution in [0.5, 0.6) is 11.5 Å². The Kier molecular flexibility index (Phi) is 9.25. The number of hydrogen-bond donors (Lipinski definition) is 1. The first-order valence-electron chi connectivity index (χ1n) is 12.6. The van der Waals surface area contributed by atoms with Crippen molar-refractivity contribution in [2.24, 2.45) is 0 Å². The highest BCUT2D eigenvalue weighted by Gasteiger charge is 2.31. The maximum atomic E-state index is 12.4. The summed E-state index contributed by atoms with van der Waals surface area (Å²) in [7, 11) is 2.02. The van der Waals surface area contributed by atoms with Gasteiger partial charge in [-0.1, -0.05) is 0 Å². The second kappa shape index (κ2) is 12.6. The molecule has 10 nitrogen and oxygen atoms in total. The van der Waals surface area contributed by atoms with Crippen LogP contribution in [0.4, 0.5) is 30.4 Å². The summed E-state index contributed by atoms with van der Waals surface area (Å²) in [5, 5.41) is 21.0. The number of aliphatic hydroxyl groups excluding tert-OH is 1. The zero-order valence-corrected chi connectivity index (χ0v) is 22.4. The fourth-order valence-electron chi connectivity index (χ4n) is 4.55. The number of hydrogen-bond acceptors (Lipinski definition) is 8. The fraction of sp³-hybridized carbons (Fsp3) is 0.423. The molecular formula is C26H29ClF3N5O5. The van der Waals surface area contributed by atoms with Gasteiger partial charge in [-0.2, -0.15) is 0 Å². The third-order valence-electron chi connectivity index (χ3n) is 6.74. The van der Waals surface area contributed by atoms with E-state index in [0.717, 1.165) is 37.3 Å². The largest absolute Gasteiger partial charge is 0.573 e. The molecule has 1 atom stereocenters. The summed E-state index contributed by atoms with van der Waals surface area (Å²) in [4.78, 5) is 18.2. The Hall–Kier alpha value is -3.71. The smallest absolute Gasteiger partial charge is 0.491 e. The third kappa shape index (κ3) is 7.92. The first-order chi connectivity index (χ1) is 19.0. The molecule has 0 aliphatic carbocycles. The molecule has 1 saturated heterocycles. The number of nitro groups is 1. The van der Waals surface area contributed by atoms with E-state index in [2.05, 4.69) is 19.5 Å². The summed E-state index contributed by atoms with van der Waals surface area (Å²) < 4.78 is 48.2. The Morgan fingerprint density at radius 3 is 2.35 bits per heavy atom. The molecule has 2 heterocycles. The minimum absolute atomic E-state index is 0.0150. The summed E-state index contributed by atoms with van der Waals surface area (Å²) in [6.45, 7) is 1.84. The van der Waals surface area contributed by atoms with Crippen molar-refractivity contribution in [2.45, 2.75) is 44.3 Å². The van der Waals surface area contributed by atoms with E-state index >= 15 is 0 Å². The summed E-state index contributed by atoms with van der Waals surface area (Å²) >= 11 is 5.89. The highest BCUT2D eigenvalue weighted by atomic mass is 35.5. The van der Waals surface area contributed by atoms with Crippen molar-refractivity contribution in [1.29, 1.82) is 0 Å². The number of benzene rings is 2. The highest BCUT2D eigenvalue weighted by Crippen LogP contribution is 2.29. The van der Waals surface area contributed by atoms with Gasteiger partial charge >= 0.3 is 17.5 Å². The Morgan fingerprint density at radius 1 is 1.15 bits per heavy atom. The average molecular weight is 584 g/mol. The van der Waals surface area contributed by atoms with Crippen molar-refractivity contribution in [2.75, 3.05) is 36.5 Å². The molecule has 1 aromatic heterocycles. The Labute approximate surface area is 233 Å². The number of aliphatic hydroxyl groups is 1. The predicted molar refractivity (Wildman–Crippen MR) is 143 cm³/mol. The topological polar surface area (TPSA) is 106 Å². The van der Waals surface area contributed by atoms with E-state index in [4.69, 9.17) is 16.3 Å². The molecule has 2 aromatic carbocycles. The van der Waals surface area contributed by atoms with Gasteiger partial charge in [-0.05, 0) is 89.3 Å². The predicted octanol–water partition coefficient (Wildman–Crippen LogP) is 5.28. The quantitative estimate of drug-likeness (QED) is 0.240. The first-order valence-corrected chi connectivity index (χ1v) is 13.0. The zero-order chi connectivity index (χ0) is 28.9. The van der Waals surface area contributed by atoms with Crippen LogP contribution in [-0.4, -0.2) is 64.8 Å². The van der Waals surface area contributed by atoms with Crippen LogP contribution in [0.3, 0.4) is 0 Å². The number of aromatic nitrogens is 2. The molecule has 40 heavy (non-hydrogen) atoms. The van der Waals surface area contributed by atoms with Crippen molar-refractivity contribution in [3.05, 3.63) is 70.1 Å². The molecule has 1 unspecified atom stereocenters. The highest BCUT2D eigenvalue weighted by molar-refractivity contribution is 6.28. The van der Waals surface area contributed by atoms with Crippen LogP contribution in [0.2, 0.25) is 5.28 Å². The van der Waals surface area contributed by atoms with Crippen LogP contribution >= 0.6 is 11.6 Å². The maximum Gasteiger partial charge on any atom is 0.573 e. The molecule has 3 aromatic rings. The van der Waals surface area contributed by atoms with E-state index in [1.54, 1.807) is 12.1 Å². The molecule has 1 aliphatic rings. The maximum absolute atomic E-state index is 12.4. The van der Waals surface area contributed by atoms with Gasteiger partial charge in [0.05, 0.1) is 6.10 Å². The van der Waals surface area contributed by atoms with Gasteiger partial charge in [-0.25, -0.2) is 0 Å². The number of aryl methyl sites for hydroxylation is 1. The molecule has 0 saturated carbocycles. The number of imidazole rings is 1. The zero-order valence-electron chi connectivity index (χ0n) is 21.6. The van der Waals surface area contributed by atoms with Gasteiger partial charge in [0.2, 0.25) is 0 Å². The lowest BCUT2D eigenvalue weighted by atomic mass is 10.0. The molecule has 1 aliphatic heterocycles. The van der Waals surface area contributed by atoms with Crippen LogP contribution < -0.4 is 19.3 Å². The summed E-state index contributed by atoms with van der Waals surface area (Å²) in [5.41, 5.74) is 1.87. The number of ether oxygens (including phenoxy) is 2. The summed E-state index contributed by atoms with van der Waals surface area (Å²) in [6.07, 6.45) is -2.25. The van der Waals surface area contributed by atoms with E-state index in [0.29, 0.717) is 11.8 Å². The average Bonchev–Trinajstić information content (AvgIpc) is 3.31. The van der Waals surface area contributed by atoms with Crippen LogP contribution in [0, 0.1) is 10.1 Å². The van der Waals surface area contributed by atoms with Gasteiger partial charge in [-0.15, -0.1) is 13.2 Å².